The lowest BCUT2D eigenvalue weighted by Gasteiger charge is -2.11. The van der Waals surface area contributed by atoms with Crippen molar-refractivity contribution in [3.63, 3.8) is 0 Å². The van der Waals surface area contributed by atoms with Crippen LogP contribution in [0, 0.1) is 6.92 Å². The van der Waals surface area contributed by atoms with Gasteiger partial charge in [0.05, 0.1) is 12.3 Å². The van der Waals surface area contributed by atoms with Crippen LogP contribution < -0.4 is 10.5 Å². The van der Waals surface area contributed by atoms with E-state index >= 15 is 0 Å². The topological polar surface area (TPSA) is 64.3 Å². The molecule has 1 heterocycles. The van der Waals surface area contributed by atoms with Gasteiger partial charge in [-0.1, -0.05) is 0 Å². The van der Waals surface area contributed by atoms with Crippen LogP contribution in [0.3, 0.4) is 0 Å². The van der Waals surface area contributed by atoms with Crippen molar-refractivity contribution in [3.05, 3.63) is 11.0 Å². The summed E-state index contributed by atoms with van der Waals surface area (Å²) in [4.78, 5) is 9.96. The number of hydrogen-bond acceptors (Lipinski definition) is 5. The van der Waals surface area contributed by atoms with E-state index in [2.05, 4.69) is 14.9 Å². The van der Waals surface area contributed by atoms with Gasteiger partial charge in [0, 0.05) is 6.54 Å². The third-order valence-electron chi connectivity index (χ3n) is 2.06. The number of nitrogen functional groups attached to an aromatic ring is 1. The SMILES string of the molecule is Cc1nc(Cl)nc(OCCCN(C)C)c1N. The molecule has 0 aliphatic rings. The molecule has 2 N–H and O–H groups in total. The smallest absolute Gasteiger partial charge is 0.241 e. The molecule has 1 rings (SSSR count). The third kappa shape index (κ3) is 3.83. The van der Waals surface area contributed by atoms with Crippen LogP contribution in [-0.2, 0) is 0 Å². The molecule has 1 aromatic rings. The van der Waals surface area contributed by atoms with E-state index in [9.17, 15) is 0 Å². The third-order valence-corrected chi connectivity index (χ3v) is 2.23. The Morgan fingerprint density at radius 3 is 2.69 bits per heavy atom. The van der Waals surface area contributed by atoms with E-state index in [0.717, 1.165) is 13.0 Å². The number of hydrogen-bond donors (Lipinski definition) is 1. The maximum Gasteiger partial charge on any atom is 0.241 e. The summed E-state index contributed by atoms with van der Waals surface area (Å²) in [6, 6.07) is 0. The van der Waals surface area contributed by atoms with Crippen LogP contribution in [0.25, 0.3) is 0 Å². The molecule has 5 nitrogen and oxygen atoms in total. The fraction of sp³-hybridized carbons (Fsp3) is 0.600. The van der Waals surface area contributed by atoms with Crippen molar-refractivity contribution in [3.8, 4) is 5.88 Å². The Kier molecular flexibility index (Phi) is 4.76. The average molecular weight is 245 g/mol. The summed E-state index contributed by atoms with van der Waals surface area (Å²) < 4.78 is 5.46. The van der Waals surface area contributed by atoms with Gasteiger partial charge in [0.2, 0.25) is 11.2 Å². The van der Waals surface area contributed by atoms with Crippen molar-refractivity contribution >= 4 is 17.3 Å². The summed E-state index contributed by atoms with van der Waals surface area (Å²) in [5.74, 6) is 0.372. The van der Waals surface area contributed by atoms with E-state index in [1.54, 1.807) is 6.92 Å². The largest absolute Gasteiger partial charge is 0.476 e. The molecule has 6 heteroatoms. The molecule has 0 fully saturated rings. The van der Waals surface area contributed by atoms with Crippen LogP contribution in [0.5, 0.6) is 5.88 Å². The lowest BCUT2D eigenvalue weighted by atomic mass is 10.4. The highest BCUT2D eigenvalue weighted by atomic mass is 35.5. The molecule has 90 valence electrons. The number of ether oxygens (including phenoxy) is 1. The average Bonchev–Trinajstić information content (AvgIpc) is 2.19. The van der Waals surface area contributed by atoms with Crippen LogP contribution in [-0.4, -0.2) is 42.1 Å². The number of anilines is 1. The van der Waals surface area contributed by atoms with Gasteiger partial charge < -0.3 is 15.4 Å². The molecule has 0 aliphatic heterocycles. The summed E-state index contributed by atoms with van der Waals surface area (Å²) in [5.41, 5.74) is 6.87. The molecule has 0 bridgehead atoms. The lowest BCUT2D eigenvalue weighted by Crippen LogP contribution is -2.16. The highest BCUT2D eigenvalue weighted by Crippen LogP contribution is 2.22. The second-order valence-electron chi connectivity index (χ2n) is 3.80. The minimum atomic E-state index is 0.161. The van der Waals surface area contributed by atoms with E-state index in [-0.39, 0.29) is 5.28 Å². The van der Waals surface area contributed by atoms with Gasteiger partial charge in [0.25, 0.3) is 0 Å². The van der Waals surface area contributed by atoms with Crippen molar-refractivity contribution in [1.29, 1.82) is 0 Å². The molecule has 0 radical (unpaired) electrons. The van der Waals surface area contributed by atoms with Crippen molar-refractivity contribution in [2.75, 3.05) is 33.0 Å². The zero-order valence-corrected chi connectivity index (χ0v) is 10.6. The van der Waals surface area contributed by atoms with Gasteiger partial charge in [-0.25, -0.2) is 4.98 Å². The Balaban J connectivity index is 2.53. The summed E-state index contributed by atoms with van der Waals surface area (Å²) >= 11 is 5.72. The monoisotopic (exact) mass is 244 g/mol. The van der Waals surface area contributed by atoms with E-state index in [0.29, 0.717) is 23.9 Å². The normalized spacial score (nSPS) is 10.8. The molecule has 16 heavy (non-hydrogen) atoms. The second kappa shape index (κ2) is 5.86. The molecule has 0 saturated carbocycles. The first-order valence-electron chi connectivity index (χ1n) is 5.08. The quantitative estimate of drug-likeness (QED) is 0.626. The number of aryl methyl sites for hydroxylation is 1. The first kappa shape index (κ1) is 13.0. The van der Waals surface area contributed by atoms with E-state index in [1.165, 1.54) is 0 Å². The fourth-order valence-corrected chi connectivity index (χ4v) is 1.39. The first-order chi connectivity index (χ1) is 7.50. The summed E-state index contributed by atoms with van der Waals surface area (Å²) in [7, 11) is 4.03. The molecule has 1 aromatic heterocycles. The van der Waals surface area contributed by atoms with Gasteiger partial charge in [-0.05, 0) is 39.0 Å². The predicted octanol–water partition coefficient (Wildman–Crippen LogP) is 1.35. The minimum absolute atomic E-state index is 0.161. The Labute approximate surface area is 101 Å². The van der Waals surface area contributed by atoms with Crippen LogP contribution in [0.4, 0.5) is 5.69 Å². The van der Waals surface area contributed by atoms with Crippen molar-refractivity contribution in [2.24, 2.45) is 0 Å². The standard InChI is InChI=1S/C10H17ClN4O/c1-7-8(12)9(14-10(11)13-7)16-6-4-5-15(2)3/h4-6,12H2,1-3H3. The van der Waals surface area contributed by atoms with Gasteiger partial charge in [0.15, 0.2) is 0 Å². The van der Waals surface area contributed by atoms with Crippen LogP contribution in [0.1, 0.15) is 12.1 Å². The van der Waals surface area contributed by atoms with E-state index in [4.69, 9.17) is 22.1 Å². The van der Waals surface area contributed by atoms with Crippen molar-refractivity contribution in [1.82, 2.24) is 14.9 Å². The lowest BCUT2D eigenvalue weighted by molar-refractivity contribution is 0.274. The number of rotatable bonds is 5. The highest BCUT2D eigenvalue weighted by molar-refractivity contribution is 6.28. The minimum Gasteiger partial charge on any atom is -0.476 e. The molecule has 0 aromatic carbocycles. The Bertz CT molecular complexity index is 357. The van der Waals surface area contributed by atoms with E-state index < -0.39 is 0 Å². The first-order valence-corrected chi connectivity index (χ1v) is 5.45. The zero-order chi connectivity index (χ0) is 12.1. The predicted molar refractivity (Wildman–Crippen MR) is 64.9 cm³/mol. The zero-order valence-electron chi connectivity index (χ0n) is 9.83. The van der Waals surface area contributed by atoms with Gasteiger partial charge >= 0.3 is 0 Å². The Morgan fingerprint density at radius 1 is 1.38 bits per heavy atom. The second-order valence-corrected chi connectivity index (χ2v) is 4.14. The summed E-state index contributed by atoms with van der Waals surface area (Å²) in [6.07, 6.45) is 0.910. The fourth-order valence-electron chi connectivity index (χ4n) is 1.18. The molecule has 0 atom stereocenters. The van der Waals surface area contributed by atoms with Crippen molar-refractivity contribution in [2.45, 2.75) is 13.3 Å². The molecule has 0 unspecified atom stereocenters. The molecular formula is C10H17ClN4O. The number of nitrogens with two attached hydrogens (primary N) is 1. The molecule has 0 saturated heterocycles. The van der Waals surface area contributed by atoms with Crippen LogP contribution >= 0.6 is 11.6 Å². The van der Waals surface area contributed by atoms with Gasteiger partial charge in [0.1, 0.15) is 5.69 Å². The maximum absolute atomic E-state index is 5.77. The number of halogens is 1. The Hall–Kier alpha value is -1.07. The summed E-state index contributed by atoms with van der Waals surface area (Å²) in [6.45, 7) is 3.29. The molecule has 0 aliphatic carbocycles. The van der Waals surface area contributed by atoms with Crippen LogP contribution in [0.15, 0.2) is 0 Å². The van der Waals surface area contributed by atoms with Crippen LogP contribution in [0.2, 0.25) is 5.28 Å². The molecular weight excluding hydrogens is 228 g/mol. The van der Waals surface area contributed by atoms with Gasteiger partial charge in [-0.2, -0.15) is 4.98 Å². The maximum atomic E-state index is 5.77. The number of aromatic nitrogens is 2. The van der Waals surface area contributed by atoms with E-state index in [1.807, 2.05) is 14.1 Å². The van der Waals surface area contributed by atoms with Gasteiger partial charge in [-0.15, -0.1) is 0 Å². The molecule has 0 spiro atoms. The molecule has 0 amide bonds. The Morgan fingerprint density at radius 2 is 2.06 bits per heavy atom. The highest BCUT2D eigenvalue weighted by Gasteiger charge is 2.08. The summed E-state index contributed by atoms with van der Waals surface area (Å²) in [5, 5.41) is 0.161. The van der Waals surface area contributed by atoms with Crippen molar-refractivity contribution < 1.29 is 4.74 Å². The van der Waals surface area contributed by atoms with Gasteiger partial charge in [-0.3, -0.25) is 0 Å². The number of nitrogens with zero attached hydrogens (tertiary/aromatic N) is 3.